The number of aryl methyl sites for hydroxylation is 2. The molecule has 0 saturated carbocycles. The summed E-state index contributed by atoms with van der Waals surface area (Å²) in [5.41, 5.74) is 0.775. The van der Waals surface area contributed by atoms with Crippen LogP contribution in [0, 0.1) is 6.92 Å². The van der Waals surface area contributed by atoms with E-state index in [2.05, 4.69) is 20.0 Å². The molecule has 0 bridgehead atoms. The number of anilines is 1. The van der Waals surface area contributed by atoms with Crippen molar-refractivity contribution in [3.63, 3.8) is 0 Å². The molecule has 0 amide bonds. The van der Waals surface area contributed by atoms with E-state index in [-0.39, 0.29) is 16.4 Å². The summed E-state index contributed by atoms with van der Waals surface area (Å²) in [4.78, 5) is 8.27. The number of nitrogens with one attached hydrogen (secondary N) is 1. The maximum Gasteiger partial charge on any atom is 0.573 e. The summed E-state index contributed by atoms with van der Waals surface area (Å²) in [5, 5.41) is 3.43. The van der Waals surface area contributed by atoms with E-state index >= 15 is 0 Å². The number of hydrogen-bond donors (Lipinski definition) is 1. The highest BCUT2D eigenvalue weighted by atomic mass is 32.1. The van der Waals surface area contributed by atoms with Crippen molar-refractivity contribution in [3.8, 4) is 5.75 Å². The van der Waals surface area contributed by atoms with Crippen LogP contribution in [0.3, 0.4) is 0 Å². The average molecular weight is 435 g/mol. The Morgan fingerprint density at radius 1 is 1.03 bits per heavy atom. The predicted octanol–water partition coefficient (Wildman–Crippen LogP) is 5.96. The van der Waals surface area contributed by atoms with Crippen molar-refractivity contribution in [1.29, 1.82) is 0 Å². The standard InChI is InChI=1S/C18H15F6N3OS/c1-10-9-13-14(26-16(17(19,20)21)27-15(13)29-10)25-8-2-3-11-4-6-12(7-5-11)28-18(22,23)24/h4-7,9H,2-3,8H2,1H3,(H,25,26,27). The molecule has 156 valence electrons. The Bertz CT molecular complexity index is 982. The van der Waals surface area contributed by atoms with Gasteiger partial charge in [0, 0.05) is 11.4 Å². The zero-order valence-electron chi connectivity index (χ0n) is 15.0. The van der Waals surface area contributed by atoms with Gasteiger partial charge in [0.1, 0.15) is 16.4 Å². The summed E-state index contributed by atoms with van der Waals surface area (Å²) in [6.07, 6.45) is -8.34. The molecule has 0 aliphatic heterocycles. The van der Waals surface area contributed by atoms with E-state index in [4.69, 9.17) is 0 Å². The lowest BCUT2D eigenvalue weighted by Gasteiger charge is -2.11. The Morgan fingerprint density at radius 2 is 1.72 bits per heavy atom. The van der Waals surface area contributed by atoms with Crippen LogP contribution in [0.4, 0.5) is 32.2 Å². The molecule has 0 spiro atoms. The van der Waals surface area contributed by atoms with Crippen LogP contribution in [0.5, 0.6) is 5.75 Å². The van der Waals surface area contributed by atoms with Crippen LogP contribution in [-0.2, 0) is 12.6 Å². The van der Waals surface area contributed by atoms with Crippen molar-refractivity contribution in [1.82, 2.24) is 9.97 Å². The van der Waals surface area contributed by atoms with Gasteiger partial charge in [-0.1, -0.05) is 12.1 Å². The molecular weight excluding hydrogens is 420 g/mol. The Balaban J connectivity index is 1.62. The van der Waals surface area contributed by atoms with Crippen molar-refractivity contribution < 1.29 is 31.1 Å². The zero-order valence-corrected chi connectivity index (χ0v) is 15.8. The molecule has 0 atom stereocenters. The second-order valence-electron chi connectivity index (χ2n) is 6.19. The van der Waals surface area contributed by atoms with E-state index in [0.717, 1.165) is 21.8 Å². The third-order valence-electron chi connectivity index (χ3n) is 3.86. The smallest absolute Gasteiger partial charge is 0.406 e. The first-order valence-corrected chi connectivity index (χ1v) is 9.27. The van der Waals surface area contributed by atoms with E-state index in [9.17, 15) is 26.3 Å². The molecule has 0 saturated heterocycles. The molecule has 2 heterocycles. The van der Waals surface area contributed by atoms with Crippen molar-refractivity contribution in [2.45, 2.75) is 32.3 Å². The Kier molecular flexibility index (Phi) is 5.87. The summed E-state index contributed by atoms with van der Waals surface area (Å²) in [5.74, 6) is -1.40. The number of ether oxygens (including phenoxy) is 1. The molecule has 3 rings (SSSR count). The zero-order chi connectivity index (χ0) is 21.2. The van der Waals surface area contributed by atoms with Crippen LogP contribution in [0.1, 0.15) is 22.7 Å². The fraction of sp³-hybridized carbons (Fsp3) is 0.333. The number of aromatic nitrogens is 2. The fourth-order valence-corrected chi connectivity index (χ4v) is 3.54. The van der Waals surface area contributed by atoms with E-state index < -0.39 is 18.4 Å². The van der Waals surface area contributed by atoms with Gasteiger partial charge >= 0.3 is 12.5 Å². The molecule has 11 heteroatoms. The largest absolute Gasteiger partial charge is 0.573 e. The summed E-state index contributed by atoms with van der Waals surface area (Å²) >= 11 is 1.15. The monoisotopic (exact) mass is 435 g/mol. The predicted molar refractivity (Wildman–Crippen MR) is 97.1 cm³/mol. The molecule has 0 radical (unpaired) electrons. The lowest BCUT2D eigenvalue weighted by Crippen LogP contribution is -2.17. The summed E-state index contributed by atoms with van der Waals surface area (Å²) < 4.78 is 79.3. The van der Waals surface area contributed by atoms with Gasteiger partial charge in [0.15, 0.2) is 0 Å². The van der Waals surface area contributed by atoms with Gasteiger partial charge in [-0.3, -0.25) is 0 Å². The van der Waals surface area contributed by atoms with Crippen LogP contribution in [0.25, 0.3) is 10.2 Å². The maximum absolute atomic E-state index is 13.0. The normalized spacial score (nSPS) is 12.4. The lowest BCUT2D eigenvalue weighted by atomic mass is 10.1. The van der Waals surface area contributed by atoms with Crippen LogP contribution in [0.15, 0.2) is 30.3 Å². The topological polar surface area (TPSA) is 47.0 Å². The van der Waals surface area contributed by atoms with Gasteiger partial charge in [0.2, 0.25) is 5.82 Å². The highest BCUT2D eigenvalue weighted by Gasteiger charge is 2.36. The van der Waals surface area contributed by atoms with Crippen LogP contribution >= 0.6 is 11.3 Å². The van der Waals surface area contributed by atoms with Gasteiger partial charge < -0.3 is 10.1 Å². The highest BCUT2D eigenvalue weighted by molar-refractivity contribution is 7.18. The number of alkyl halides is 6. The molecular formula is C18H15F6N3OS. The number of hydrogen-bond acceptors (Lipinski definition) is 5. The molecule has 4 nitrogen and oxygen atoms in total. The molecule has 1 N–H and O–H groups in total. The minimum absolute atomic E-state index is 0.112. The first-order valence-electron chi connectivity index (χ1n) is 8.45. The van der Waals surface area contributed by atoms with Gasteiger partial charge in [-0.2, -0.15) is 13.2 Å². The Labute approximate surface area is 165 Å². The molecule has 0 aliphatic carbocycles. The number of thiophene rings is 1. The molecule has 0 fully saturated rings. The van der Waals surface area contributed by atoms with Crippen LogP contribution in [-0.4, -0.2) is 22.9 Å². The first-order chi connectivity index (χ1) is 13.5. The van der Waals surface area contributed by atoms with Gasteiger partial charge in [0.05, 0.1) is 5.39 Å². The first kappa shape index (κ1) is 21.2. The van der Waals surface area contributed by atoms with Crippen molar-refractivity contribution in [2.75, 3.05) is 11.9 Å². The van der Waals surface area contributed by atoms with Crippen molar-refractivity contribution in [3.05, 3.63) is 46.6 Å². The second kappa shape index (κ2) is 8.05. The molecule has 0 aliphatic rings. The van der Waals surface area contributed by atoms with E-state index in [0.29, 0.717) is 24.8 Å². The number of fused-ring (bicyclic) bond motifs is 1. The summed E-state index contributed by atoms with van der Waals surface area (Å²) in [7, 11) is 0. The third kappa shape index (κ3) is 5.72. The van der Waals surface area contributed by atoms with Gasteiger partial charge in [0.25, 0.3) is 0 Å². The Hall–Kier alpha value is -2.56. The van der Waals surface area contributed by atoms with E-state index in [1.807, 2.05) is 0 Å². The molecule has 29 heavy (non-hydrogen) atoms. The Morgan fingerprint density at radius 3 is 2.34 bits per heavy atom. The number of nitrogens with zero attached hydrogens (tertiary/aromatic N) is 2. The third-order valence-corrected chi connectivity index (χ3v) is 4.81. The fourth-order valence-electron chi connectivity index (χ4n) is 2.66. The summed E-state index contributed by atoms with van der Waals surface area (Å²) in [6.45, 7) is 2.11. The average Bonchev–Trinajstić information content (AvgIpc) is 2.98. The van der Waals surface area contributed by atoms with Gasteiger partial charge in [-0.05, 0) is 43.5 Å². The maximum atomic E-state index is 13.0. The van der Waals surface area contributed by atoms with Crippen molar-refractivity contribution in [2.24, 2.45) is 0 Å². The highest BCUT2D eigenvalue weighted by Crippen LogP contribution is 2.33. The van der Waals surface area contributed by atoms with Crippen molar-refractivity contribution >= 4 is 27.4 Å². The number of benzene rings is 1. The summed E-state index contributed by atoms with van der Waals surface area (Å²) in [6, 6.07) is 7.17. The van der Waals surface area contributed by atoms with Crippen LogP contribution in [0.2, 0.25) is 0 Å². The molecule has 0 unspecified atom stereocenters. The quantitative estimate of drug-likeness (QED) is 0.383. The second-order valence-corrected chi connectivity index (χ2v) is 7.43. The number of rotatable bonds is 6. The van der Waals surface area contributed by atoms with E-state index in [1.54, 1.807) is 13.0 Å². The van der Waals surface area contributed by atoms with Crippen LogP contribution < -0.4 is 10.1 Å². The molecule has 3 aromatic rings. The minimum Gasteiger partial charge on any atom is -0.406 e. The van der Waals surface area contributed by atoms with Gasteiger partial charge in [-0.25, -0.2) is 9.97 Å². The molecule has 2 aromatic heterocycles. The van der Waals surface area contributed by atoms with E-state index in [1.165, 1.54) is 24.3 Å². The number of halogens is 6. The SMILES string of the molecule is Cc1cc2c(NCCCc3ccc(OC(F)(F)F)cc3)nc(C(F)(F)F)nc2s1. The molecule has 1 aromatic carbocycles. The minimum atomic E-state index is -4.75. The van der Waals surface area contributed by atoms with Gasteiger partial charge in [-0.15, -0.1) is 24.5 Å². The lowest BCUT2D eigenvalue weighted by molar-refractivity contribution is -0.274.